The van der Waals surface area contributed by atoms with Crippen LogP contribution >= 0.6 is 46.3 Å². The van der Waals surface area contributed by atoms with Crippen molar-refractivity contribution in [1.29, 1.82) is 0 Å². The number of carbonyl (C=O) groups excluding carboxylic acids is 1. The Bertz CT molecular complexity index is 618. The Balaban J connectivity index is 2.05. The maximum atomic E-state index is 12.1. The molecule has 1 amide bonds. The normalized spacial score (nSPS) is 10.6. The third kappa shape index (κ3) is 4.09. The van der Waals surface area contributed by atoms with Gasteiger partial charge in [-0.25, -0.2) is 0 Å². The first-order valence-electron chi connectivity index (χ1n) is 5.83. The van der Waals surface area contributed by atoms with E-state index in [1.807, 2.05) is 0 Å². The van der Waals surface area contributed by atoms with Gasteiger partial charge in [0.1, 0.15) is 0 Å². The zero-order chi connectivity index (χ0) is 14.5. The molecule has 1 aromatic carbocycles. The Morgan fingerprint density at radius 3 is 2.90 bits per heavy atom. The number of nitrogens with zero attached hydrogens (tertiary/aromatic N) is 2. The summed E-state index contributed by atoms with van der Waals surface area (Å²) in [7, 11) is 0. The number of amides is 1. The molecule has 0 aliphatic heterocycles. The number of anilines is 1. The lowest BCUT2D eigenvalue weighted by atomic mass is 10.2. The van der Waals surface area contributed by atoms with Crippen LogP contribution in [0.3, 0.4) is 0 Å². The van der Waals surface area contributed by atoms with Crippen LogP contribution in [0.4, 0.5) is 5.13 Å². The van der Waals surface area contributed by atoms with E-state index in [-0.39, 0.29) is 5.91 Å². The van der Waals surface area contributed by atoms with Crippen LogP contribution in [0.15, 0.2) is 22.5 Å². The van der Waals surface area contributed by atoms with Crippen LogP contribution < -0.4 is 5.32 Å². The van der Waals surface area contributed by atoms with E-state index < -0.39 is 0 Å². The topological polar surface area (TPSA) is 54.9 Å². The van der Waals surface area contributed by atoms with E-state index in [1.165, 1.54) is 17.4 Å². The van der Waals surface area contributed by atoms with E-state index in [0.717, 1.165) is 16.5 Å². The van der Waals surface area contributed by atoms with Gasteiger partial charge in [-0.15, -0.1) is 10.2 Å². The molecule has 106 valence electrons. The number of benzene rings is 1. The van der Waals surface area contributed by atoms with E-state index >= 15 is 0 Å². The van der Waals surface area contributed by atoms with Gasteiger partial charge in [0.05, 0.1) is 10.6 Å². The minimum Gasteiger partial charge on any atom is -0.296 e. The summed E-state index contributed by atoms with van der Waals surface area (Å²) in [5.41, 5.74) is 0.356. The maximum Gasteiger partial charge on any atom is 0.259 e. The summed E-state index contributed by atoms with van der Waals surface area (Å²) >= 11 is 14.7. The molecule has 0 spiro atoms. The predicted molar refractivity (Wildman–Crippen MR) is 85.3 cm³/mol. The van der Waals surface area contributed by atoms with Gasteiger partial charge in [-0.3, -0.25) is 10.1 Å². The van der Waals surface area contributed by atoms with Crippen molar-refractivity contribution in [3.05, 3.63) is 33.8 Å². The number of nitrogens with one attached hydrogen (secondary N) is 1. The molecule has 0 aliphatic rings. The molecule has 0 fully saturated rings. The molecule has 1 aromatic heterocycles. The molecule has 0 saturated carbocycles. The lowest BCUT2D eigenvalue weighted by Crippen LogP contribution is -2.12. The summed E-state index contributed by atoms with van der Waals surface area (Å²) in [6.45, 7) is 2.10. The number of rotatable bonds is 5. The molecule has 0 bridgehead atoms. The van der Waals surface area contributed by atoms with Crippen molar-refractivity contribution in [3.8, 4) is 0 Å². The van der Waals surface area contributed by atoms with Gasteiger partial charge in [0.2, 0.25) is 5.13 Å². The van der Waals surface area contributed by atoms with Gasteiger partial charge in [-0.2, -0.15) is 0 Å². The van der Waals surface area contributed by atoms with E-state index in [1.54, 1.807) is 23.9 Å². The summed E-state index contributed by atoms with van der Waals surface area (Å²) in [6, 6.07) is 4.72. The number of hydrogen-bond donors (Lipinski definition) is 1. The highest BCUT2D eigenvalue weighted by molar-refractivity contribution is 8.01. The van der Waals surface area contributed by atoms with Gasteiger partial charge < -0.3 is 0 Å². The second kappa shape index (κ2) is 7.26. The number of hydrogen-bond acceptors (Lipinski definition) is 5. The molecule has 8 heteroatoms. The van der Waals surface area contributed by atoms with Gasteiger partial charge in [-0.1, -0.05) is 53.2 Å². The summed E-state index contributed by atoms with van der Waals surface area (Å²) in [6.07, 6.45) is 1.06. The average molecular weight is 348 g/mol. The van der Waals surface area contributed by atoms with Crippen molar-refractivity contribution in [3.63, 3.8) is 0 Å². The van der Waals surface area contributed by atoms with Crippen LogP contribution in [-0.2, 0) is 0 Å². The van der Waals surface area contributed by atoms with Crippen molar-refractivity contribution in [2.24, 2.45) is 0 Å². The molecular formula is C12H11Cl2N3OS2. The molecular weight excluding hydrogens is 337 g/mol. The standard InChI is InChI=1S/C12H11Cl2N3OS2/c1-2-5-19-12-17-16-11(20-12)15-10(18)8-4-3-7(13)6-9(8)14/h3-4,6H,2,5H2,1H3,(H,15,16,18). The summed E-state index contributed by atoms with van der Waals surface area (Å²) < 4.78 is 0.837. The summed E-state index contributed by atoms with van der Waals surface area (Å²) in [5.74, 6) is 0.654. The van der Waals surface area contributed by atoms with Crippen LogP contribution in [0.1, 0.15) is 23.7 Å². The van der Waals surface area contributed by atoms with Gasteiger partial charge in [-0.05, 0) is 24.6 Å². The van der Waals surface area contributed by atoms with Crippen molar-refractivity contribution in [1.82, 2.24) is 10.2 Å². The Morgan fingerprint density at radius 2 is 2.20 bits per heavy atom. The molecule has 0 atom stereocenters. The first-order chi connectivity index (χ1) is 9.60. The Hall–Kier alpha value is -0.820. The fraction of sp³-hybridized carbons (Fsp3) is 0.250. The van der Waals surface area contributed by atoms with Crippen LogP contribution in [0.5, 0.6) is 0 Å². The molecule has 0 aliphatic carbocycles. The van der Waals surface area contributed by atoms with Crippen LogP contribution in [-0.4, -0.2) is 21.9 Å². The first-order valence-corrected chi connectivity index (χ1v) is 8.38. The molecule has 2 rings (SSSR count). The molecule has 0 saturated heterocycles. The predicted octanol–water partition coefficient (Wildman–Crippen LogP) is 4.60. The second-order valence-corrected chi connectivity index (χ2v) is 6.96. The van der Waals surface area contributed by atoms with Crippen molar-refractivity contribution in [2.75, 3.05) is 11.1 Å². The second-order valence-electron chi connectivity index (χ2n) is 3.80. The minimum absolute atomic E-state index is 0.306. The van der Waals surface area contributed by atoms with E-state index in [4.69, 9.17) is 23.2 Å². The highest BCUT2D eigenvalue weighted by atomic mass is 35.5. The quantitative estimate of drug-likeness (QED) is 0.634. The fourth-order valence-electron chi connectivity index (χ4n) is 1.35. The van der Waals surface area contributed by atoms with Crippen molar-refractivity contribution >= 4 is 57.3 Å². The van der Waals surface area contributed by atoms with E-state index in [2.05, 4.69) is 22.4 Å². The minimum atomic E-state index is -0.324. The van der Waals surface area contributed by atoms with Crippen LogP contribution in [0, 0.1) is 0 Å². The van der Waals surface area contributed by atoms with Crippen molar-refractivity contribution < 1.29 is 4.79 Å². The largest absolute Gasteiger partial charge is 0.296 e. The lowest BCUT2D eigenvalue weighted by Gasteiger charge is -2.03. The van der Waals surface area contributed by atoms with Gasteiger partial charge in [0.25, 0.3) is 5.91 Å². The SMILES string of the molecule is CCCSc1nnc(NC(=O)c2ccc(Cl)cc2Cl)s1. The van der Waals surface area contributed by atoms with Crippen LogP contribution in [0.25, 0.3) is 0 Å². The highest BCUT2D eigenvalue weighted by Crippen LogP contribution is 2.27. The molecule has 1 heterocycles. The van der Waals surface area contributed by atoms with E-state index in [9.17, 15) is 4.79 Å². The molecule has 1 N–H and O–H groups in total. The molecule has 2 aromatic rings. The third-order valence-electron chi connectivity index (χ3n) is 2.23. The zero-order valence-electron chi connectivity index (χ0n) is 10.5. The Morgan fingerprint density at radius 1 is 1.40 bits per heavy atom. The molecule has 20 heavy (non-hydrogen) atoms. The number of aromatic nitrogens is 2. The third-order valence-corrected chi connectivity index (χ3v) is 4.96. The average Bonchev–Trinajstić information content (AvgIpc) is 2.83. The van der Waals surface area contributed by atoms with Gasteiger partial charge in [0.15, 0.2) is 4.34 Å². The van der Waals surface area contributed by atoms with Crippen molar-refractivity contribution in [2.45, 2.75) is 17.7 Å². The van der Waals surface area contributed by atoms with Gasteiger partial charge >= 0.3 is 0 Å². The summed E-state index contributed by atoms with van der Waals surface area (Å²) in [4.78, 5) is 12.1. The molecule has 0 unspecified atom stereocenters. The number of halogens is 2. The highest BCUT2D eigenvalue weighted by Gasteiger charge is 2.13. The van der Waals surface area contributed by atoms with E-state index in [0.29, 0.717) is 20.7 Å². The lowest BCUT2D eigenvalue weighted by molar-refractivity contribution is 0.102. The molecule has 4 nitrogen and oxygen atoms in total. The smallest absolute Gasteiger partial charge is 0.259 e. The van der Waals surface area contributed by atoms with Crippen LogP contribution in [0.2, 0.25) is 10.0 Å². The summed E-state index contributed by atoms with van der Waals surface area (Å²) in [5, 5.41) is 11.9. The number of carbonyl (C=O) groups is 1. The first kappa shape index (κ1) is 15.6. The maximum absolute atomic E-state index is 12.1. The Kier molecular flexibility index (Phi) is 5.65. The monoisotopic (exact) mass is 347 g/mol. The number of thioether (sulfide) groups is 1. The Labute approximate surface area is 134 Å². The zero-order valence-corrected chi connectivity index (χ0v) is 13.7. The molecule has 0 radical (unpaired) electrons. The fourth-order valence-corrected chi connectivity index (χ4v) is 3.51. The van der Waals surface area contributed by atoms with Gasteiger partial charge in [0, 0.05) is 10.8 Å².